The molecule has 0 radical (unpaired) electrons. The van der Waals surface area contributed by atoms with E-state index in [-0.39, 0.29) is 30.5 Å². The van der Waals surface area contributed by atoms with E-state index in [1.807, 2.05) is 13.8 Å². The van der Waals surface area contributed by atoms with Gasteiger partial charge in [-0.15, -0.1) is 0 Å². The molecule has 0 saturated carbocycles. The number of rotatable bonds is 10. The van der Waals surface area contributed by atoms with Crippen LogP contribution in [0.25, 0.3) is 0 Å². The SMILES string of the molecule is CCCS(=O)(=O)Nc1cccc(C(=O)N(CCC(=O)O)CC(C)C)c1. The zero-order valence-electron chi connectivity index (χ0n) is 14.9. The lowest BCUT2D eigenvalue weighted by Crippen LogP contribution is -2.36. The van der Waals surface area contributed by atoms with Gasteiger partial charge in [0, 0.05) is 24.3 Å². The summed E-state index contributed by atoms with van der Waals surface area (Å²) < 4.78 is 26.2. The predicted octanol–water partition coefficient (Wildman–Crippen LogP) is 2.41. The molecule has 0 atom stereocenters. The van der Waals surface area contributed by atoms with E-state index < -0.39 is 16.0 Å². The van der Waals surface area contributed by atoms with Crippen LogP contribution in [0.1, 0.15) is 44.0 Å². The fourth-order valence-corrected chi connectivity index (χ4v) is 3.47. The Bertz CT molecular complexity index is 701. The zero-order chi connectivity index (χ0) is 19.0. The summed E-state index contributed by atoms with van der Waals surface area (Å²) in [6, 6.07) is 6.24. The van der Waals surface area contributed by atoms with Crippen molar-refractivity contribution in [1.82, 2.24) is 4.90 Å². The number of benzene rings is 1. The molecule has 0 aliphatic carbocycles. The van der Waals surface area contributed by atoms with Crippen LogP contribution in [0, 0.1) is 5.92 Å². The van der Waals surface area contributed by atoms with Gasteiger partial charge in [0.15, 0.2) is 0 Å². The van der Waals surface area contributed by atoms with Gasteiger partial charge in [-0.25, -0.2) is 8.42 Å². The van der Waals surface area contributed by atoms with Crippen LogP contribution in [0.2, 0.25) is 0 Å². The first-order valence-electron chi connectivity index (χ1n) is 8.26. The highest BCUT2D eigenvalue weighted by Crippen LogP contribution is 2.16. The van der Waals surface area contributed by atoms with E-state index in [1.54, 1.807) is 25.1 Å². The molecule has 0 aliphatic heterocycles. The van der Waals surface area contributed by atoms with Gasteiger partial charge in [-0.3, -0.25) is 14.3 Å². The van der Waals surface area contributed by atoms with Crippen molar-refractivity contribution in [1.29, 1.82) is 0 Å². The first-order chi connectivity index (χ1) is 11.6. The maximum Gasteiger partial charge on any atom is 0.305 e. The number of hydrogen-bond donors (Lipinski definition) is 2. The van der Waals surface area contributed by atoms with Crippen LogP contribution in [0.15, 0.2) is 24.3 Å². The van der Waals surface area contributed by atoms with Crippen LogP contribution in [-0.4, -0.2) is 49.1 Å². The van der Waals surface area contributed by atoms with Gasteiger partial charge in [-0.2, -0.15) is 0 Å². The van der Waals surface area contributed by atoms with Gasteiger partial charge >= 0.3 is 5.97 Å². The molecular formula is C17H26N2O5S. The number of aliphatic carboxylic acids is 1. The molecule has 0 aliphatic rings. The van der Waals surface area contributed by atoms with Gasteiger partial charge in [-0.05, 0) is 30.5 Å². The summed E-state index contributed by atoms with van der Waals surface area (Å²) in [5, 5.41) is 8.86. The normalized spacial score (nSPS) is 11.4. The summed E-state index contributed by atoms with van der Waals surface area (Å²) in [5.41, 5.74) is 0.643. The van der Waals surface area contributed by atoms with Crippen molar-refractivity contribution in [2.24, 2.45) is 5.92 Å². The summed E-state index contributed by atoms with van der Waals surface area (Å²) in [6.07, 6.45) is 0.354. The van der Waals surface area contributed by atoms with Crippen molar-refractivity contribution < 1.29 is 23.1 Å². The van der Waals surface area contributed by atoms with Gasteiger partial charge in [0.2, 0.25) is 10.0 Å². The Morgan fingerprint density at radius 2 is 1.96 bits per heavy atom. The number of carboxylic acids is 1. The lowest BCUT2D eigenvalue weighted by Gasteiger charge is -2.24. The Hall–Kier alpha value is -2.09. The van der Waals surface area contributed by atoms with Crippen LogP contribution in [0.3, 0.4) is 0 Å². The molecule has 0 saturated heterocycles. The smallest absolute Gasteiger partial charge is 0.305 e. The van der Waals surface area contributed by atoms with Crippen LogP contribution in [0.5, 0.6) is 0 Å². The molecule has 7 nitrogen and oxygen atoms in total. The highest BCUT2D eigenvalue weighted by atomic mass is 32.2. The van der Waals surface area contributed by atoms with E-state index in [9.17, 15) is 18.0 Å². The van der Waals surface area contributed by atoms with E-state index in [0.29, 0.717) is 24.2 Å². The minimum atomic E-state index is -3.44. The minimum absolute atomic E-state index is 0.00323. The number of nitrogens with zero attached hydrogens (tertiary/aromatic N) is 1. The number of amides is 1. The van der Waals surface area contributed by atoms with Crippen molar-refractivity contribution in [2.45, 2.75) is 33.6 Å². The molecule has 140 valence electrons. The number of carbonyl (C=O) groups excluding carboxylic acids is 1. The first kappa shape index (κ1) is 21.0. The monoisotopic (exact) mass is 370 g/mol. The Balaban J connectivity index is 2.97. The number of sulfonamides is 1. The van der Waals surface area contributed by atoms with Crippen molar-refractivity contribution in [3.05, 3.63) is 29.8 Å². The maximum atomic E-state index is 12.7. The second-order valence-electron chi connectivity index (χ2n) is 6.29. The molecular weight excluding hydrogens is 344 g/mol. The fraction of sp³-hybridized carbons (Fsp3) is 0.529. The molecule has 1 amide bonds. The van der Waals surface area contributed by atoms with Gasteiger partial charge in [0.1, 0.15) is 0 Å². The van der Waals surface area contributed by atoms with Gasteiger partial charge in [0.05, 0.1) is 12.2 Å². The van der Waals surface area contributed by atoms with Crippen LogP contribution >= 0.6 is 0 Å². The molecule has 0 aromatic heterocycles. The molecule has 0 heterocycles. The Kier molecular flexibility index (Phi) is 7.89. The summed E-state index contributed by atoms with van der Waals surface area (Å²) in [4.78, 5) is 25.0. The molecule has 0 spiro atoms. The highest BCUT2D eigenvalue weighted by molar-refractivity contribution is 7.92. The summed E-state index contributed by atoms with van der Waals surface area (Å²) in [7, 11) is -3.44. The average Bonchev–Trinajstić information content (AvgIpc) is 2.50. The highest BCUT2D eigenvalue weighted by Gasteiger charge is 2.19. The van der Waals surface area contributed by atoms with Crippen LogP contribution in [-0.2, 0) is 14.8 Å². The van der Waals surface area contributed by atoms with Gasteiger partial charge in [0.25, 0.3) is 5.91 Å². The first-order valence-corrected chi connectivity index (χ1v) is 9.91. The second kappa shape index (κ2) is 9.41. The average molecular weight is 370 g/mol. The van der Waals surface area contributed by atoms with Crippen LogP contribution < -0.4 is 4.72 Å². The minimum Gasteiger partial charge on any atom is -0.481 e. The number of carbonyl (C=O) groups is 2. The fourth-order valence-electron chi connectivity index (χ4n) is 2.34. The van der Waals surface area contributed by atoms with Gasteiger partial charge in [-0.1, -0.05) is 26.8 Å². The van der Waals surface area contributed by atoms with E-state index in [1.165, 1.54) is 11.0 Å². The summed E-state index contributed by atoms with van der Waals surface area (Å²) in [5.74, 6) is -1.10. The van der Waals surface area contributed by atoms with E-state index >= 15 is 0 Å². The van der Waals surface area contributed by atoms with Crippen molar-refractivity contribution in [3.63, 3.8) is 0 Å². The quantitative estimate of drug-likeness (QED) is 0.658. The predicted molar refractivity (Wildman–Crippen MR) is 97.1 cm³/mol. The third-order valence-electron chi connectivity index (χ3n) is 3.32. The van der Waals surface area contributed by atoms with Crippen molar-refractivity contribution in [3.8, 4) is 0 Å². The summed E-state index contributed by atoms with van der Waals surface area (Å²) >= 11 is 0. The third kappa shape index (κ3) is 7.55. The molecule has 1 aromatic rings. The third-order valence-corrected chi connectivity index (χ3v) is 4.82. The zero-order valence-corrected chi connectivity index (χ0v) is 15.7. The topological polar surface area (TPSA) is 104 Å². The van der Waals surface area contributed by atoms with E-state index in [4.69, 9.17) is 5.11 Å². The largest absolute Gasteiger partial charge is 0.481 e. The number of hydrogen-bond acceptors (Lipinski definition) is 4. The molecule has 0 unspecified atom stereocenters. The Labute approximate surface area is 149 Å². The maximum absolute atomic E-state index is 12.7. The number of carboxylic acid groups (broad SMARTS) is 1. The van der Waals surface area contributed by atoms with E-state index in [0.717, 1.165) is 0 Å². The van der Waals surface area contributed by atoms with Crippen molar-refractivity contribution in [2.75, 3.05) is 23.6 Å². The summed E-state index contributed by atoms with van der Waals surface area (Å²) in [6.45, 7) is 6.19. The molecule has 2 N–H and O–H groups in total. The molecule has 8 heteroatoms. The molecule has 1 aromatic carbocycles. The molecule has 1 rings (SSSR count). The lowest BCUT2D eigenvalue weighted by molar-refractivity contribution is -0.137. The van der Waals surface area contributed by atoms with E-state index in [2.05, 4.69) is 4.72 Å². The number of anilines is 1. The number of nitrogens with one attached hydrogen (secondary N) is 1. The molecule has 0 fully saturated rings. The molecule has 25 heavy (non-hydrogen) atoms. The van der Waals surface area contributed by atoms with Crippen molar-refractivity contribution >= 4 is 27.6 Å². The van der Waals surface area contributed by atoms with Gasteiger partial charge < -0.3 is 10.0 Å². The molecule has 0 bridgehead atoms. The van der Waals surface area contributed by atoms with Crippen LogP contribution in [0.4, 0.5) is 5.69 Å². The second-order valence-corrected chi connectivity index (χ2v) is 8.13. The lowest BCUT2D eigenvalue weighted by atomic mass is 10.1. The standard InChI is InChI=1S/C17H26N2O5S/c1-4-10-25(23,24)18-15-7-5-6-14(11-15)17(22)19(12-13(2)3)9-8-16(20)21/h5-7,11,13,18H,4,8-10,12H2,1-3H3,(H,20,21). The Morgan fingerprint density at radius 3 is 2.52 bits per heavy atom. The Morgan fingerprint density at radius 1 is 1.28 bits per heavy atom.